The van der Waals surface area contributed by atoms with Gasteiger partial charge >= 0.3 is 6.09 Å². The van der Waals surface area contributed by atoms with Crippen LogP contribution in [-0.2, 0) is 19.2 Å². The zero-order valence-electron chi connectivity index (χ0n) is 17.0. The van der Waals surface area contributed by atoms with E-state index in [1.165, 1.54) is 0 Å². The van der Waals surface area contributed by atoms with Crippen molar-refractivity contribution in [1.82, 2.24) is 29.3 Å². The van der Waals surface area contributed by atoms with Crippen LogP contribution in [0.25, 0.3) is 0 Å². The minimum absolute atomic E-state index is 0.280. The number of thioether (sulfide) groups is 1. The molecule has 4 rings (SSSR count). The molecule has 0 saturated carbocycles. The highest BCUT2D eigenvalue weighted by Crippen LogP contribution is 2.21. The summed E-state index contributed by atoms with van der Waals surface area (Å²) in [6, 6.07) is 7.65. The molecule has 158 valence electrons. The number of rotatable bonds is 7. The van der Waals surface area contributed by atoms with Gasteiger partial charge in [0.2, 0.25) is 0 Å². The standard InChI is InChI=1S/C21H26N6O2S/c1-25-14-18(24-16-25)6-9-26-10-12-27(13-11-26)21(28)29-19-4-2-17(3-5-19)15-30-20-22-7-8-23-20/h2-5,7-8,14,16H,6,9-13,15H2,1H3,(H,22,23). The van der Waals surface area contributed by atoms with Crippen molar-refractivity contribution in [2.24, 2.45) is 7.05 Å². The van der Waals surface area contributed by atoms with E-state index in [1.54, 1.807) is 22.9 Å². The van der Waals surface area contributed by atoms with Gasteiger partial charge in [0.25, 0.3) is 0 Å². The summed E-state index contributed by atoms with van der Waals surface area (Å²) in [5.41, 5.74) is 2.25. The summed E-state index contributed by atoms with van der Waals surface area (Å²) in [6.07, 6.45) is 8.08. The number of imidazole rings is 2. The zero-order valence-corrected chi connectivity index (χ0v) is 17.8. The lowest BCUT2D eigenvalue weighted by molar-refractivity contribution is 0.111. The molecule has 0 bridgehead atoms. The summed E-state index contributed by atoms with van der Waals surface area (Å²) in [6.45, 7) is 4.02. The Balaban J connectivity index is 1.19. The number of hydrogen-bond acceptors (Lipinski definition) is 6. The Morgan fingerprint density at radius 3 is 2.63 bits per heavy atom. The van der Waals surface area contributed by atoms with Gasteiger partial charge in [-0.3, -0.25) is 4.90 Å². The molecule has 0 unspecified atom stereocenters. The fourth-order valence-electron chi connectivity index (χ4n) is 3.32. The van der Waals surface area contributed by atoms with Gasteiger partial charge in [0.15, 0.2) is 5.16 Å². The Bertz CT molecular complexity index is 933. The van der Waals surface area contributed by atoms with Gasteiger partial charge in [0, 0.05) is 70.5 Å². The molecule has 8 nitrogen and oxygen atoms in total. The van der Waals surface area contributed by atoms with Crippen LogP contribution in [-0.4, -0.2) is 68.1 Å². The van der Waals surface area contributed by atoms with Crippen LogP contribution in [0.3, 0.4) is 0 Å². The zero-order chi connectivity index (χ0) is 20.8. The van der Waals surface area contributed by atoms with Crippen LogP contribution in [0.5, 0.6) is 5.75 Å². The van der Waals surface area contributed by atoms with Gasteiger partial charge in [0.1, 0.15) is 5.75 Å². The predicted octanol–water partition coefficient (Wildman–Crippen LogP) is 2.79. The van der Waals surface area contributed by atoms with Crippen LogP contribution in [0.1, 0.15) is 11.3 Å². The van der Waals surface area contributed by atoms with Crippen LogP contribution < -0.4 is 4.74 Å². The molecule has 2 aromatic heterocycles. The first-order chi connectivity index (χ1) is 14.7. The topological polar surface area (TPSA) is 79.3 Å². The number of carbonyl (C=O) groups is 1. The number of benzene rings is 1. The number of H-pyrrole nitrogens is 1. The third-order valence-electron chi connectivity index (χ3n) is 5.05. The van der Waals surface area contributed by atoms with Gasteiger partial charge in [-0.2, -0.15) is 0 Å². The number of aryl methyl sites for hydroxylation is 1. The first kappa shape index (κ1) is 20.5. The molecule has 0 atom stereocenters. The van der Waals surface area contributed by atoms with Crippen LogP contribution in [0.2, 0.25) is 0 Å². The Morgan fingerprint density at radius 2 is 1.97 bits per heavy atom. The van der Waals surface area contributed by atoms with Crippen molar-refractivity contribution in [2.45, 2.75) is 17.3 Å². The number of piperazine rings is 1. The molecule has 9 heteroatoms. The van der Waals surface area contributed by atoms with Crippen molar-refractivity contribution in [3.8, 4) is 5.75 Å². The number of carbonyl (C=O) groups excluding carboxylic acids is 1. The first-order valence-corrected chi connectivity index (χ1v) is 11.0. The lowest BCUT2D eigenvalue weighted by Crippen LogP contribution is -2.49. The highest BCUT2D eigenvalue weighted by molar-refractivity contribution is 7.98. The van der Waals surface area contributed by atoms with Crippen LogP contribution in [0, 0.1) is 0 Å². The average molecular weight is 427 g/mol. The van der Waals surface area contributed by atoms with Gasteiger partial charge < -0.3 is 19.2 Å². The van der Waals surface area contributed by atoms with Crippen molar-refractivity contribution in [3.05, 3.63) is 60.4 Å². The number of ether oxygens (including phenoxy) is 1. The molecule has 0 spiro atoms. The van der Waals surface area contributed by atoms with Crippen molar-refractivity contribution in [1.29, 1.82) is 0 Å². The Morgan fingerprint density at radius 1 is 1.17 bits per heavy atom. The number of nitrogens with one attached hydrogen (secondary N) is 1. The van der Waals surface area contributed by atoms with Gasteiger partial charge in [0.05, 0.1) is 12.0 Å². The fourth-order valence-corrected chi connectivity index (χ4v) is 4.11. The van der Waals surface area contributed by atoms with Gasteiger partial charge in [-0.15, -0.1) is 0 Å². The summed E-state index contributed by atoms with van der Waals surface area (Å²) in [5.74, 6) is 1.38. The van der Waals surface area contributed by atoms with Gasteiger partial charge in [-0.25, -0.2) is 14.8 Å². The summed E-state index contributed by atoms with van der Waals surface area (Å²) in [7, 11) is 1.98. The summed E-state index contributed by atoms with van der Waals surface area (Å²) >= 11 is 1.63. The van der Waals surface area contributed by atoms with Crippen LogP contribution >= 0.6 is 11.8 Å². The van der Waals surface area contributed by atoms with Gasteiger partial charge in [-0.1, -0.05) is 23.9 Å². The summed E-state index contributed by atoms with van der Waals surface area (Å²) in [5, 5.41) is 0.893. The van der Waals surface area contributed by atoms with E-state index in [1.807, 2.05) is 48.4 Å². The molecule has 1 aromatic carbocycles. The molecule has 1 fully saturated rings. The van der Waals surface area contributed by atoms with Crippen molar-refractivity contribution < 1.29 is 9.53 Å². The Kier molecular flexibility index (Phi) is 6.70. The fraction of sp³-hybridized carbons (Fsp3) is 0.381. The van der Waals surface area contributed by atoms with Crippen molar-refractivity contribution >= 4 is 17.9 Å². The van der Waals surface area contributed by atoms with Crippen molar-refractivity contribution in [2.75, 3.05) is 32.7 Å². The van der Waals surface area contributed by atoms with E-state index in [9.17, 15) is 4.79 Å². The molecule has 0 aliphatic carbocycles. The molecule has 3 heterocycles. The van der Waals surface area contributed by atoms with E-state index in [4.69, 9.17) is 4.74 Å². The third kappa shape index (κ3) is 5.64. The SMILES string of the molecule is Cn1cnc(CCN2CCN(C(=O)Oc3ccc(CSc4ncc[nH]4)cc3)CC2)c1. The maximum absolute atomic E-state index is 12.5. The third-order valence-corrected chi connectivity index (χ3v) is 6.02. The highest BCUT2D eigenvalue weighted by atomic mass is 32.2. The lowest BCUT2D eigenvalue weighted by Gasteiger charge is -2.33. The molecular weight excluding hydrogens is 400 g/mol. The van der Waals surface area contributed by atoms with E-state index in [2.05, 4.69) is 26.0 Å². The normalized spacial score (nSPS) is 14.8. The number of amides is 1. The highest BCUT2D eigenvalue weighted by Gasteiger charge is 2.22. The monoisotopic (exact) mass is 426 g/mol. The first-order valence-electron chi connectivity index (χ1n) is 10.0. The molecular formula is C21H26N6O2S. The number of aromatic nitrogens is 4. The second-order valence-electron chi connectivity index (χ2n) is 7.30. The number of nitrogens with zero attached hydrogens (tertiary/aromatic N) is 5. The Labute approximate surface area is 180 Å². The van der Waals surface area contributed by atoms with Crippen LogP contribution in [0.4, 0.5) is 4.79 Å². The van der Waals surface area contributed by atoms with E-state index in [0.29, 0.717) is 18.8 Å². The summed E-state index contributed by atoms with van der Waals surface area (Å²) in [4.78, 5) is 28.3. The quantitative estimate of drug-likeness (QED) is 0.586. The van der Waals surface area contributed by atoms with E-state index < -0.39 is 0 Å². The number of aromatic amines is 1. The smallest absolute Gasteiger partial charge is 0.410 e. The number of hydrogen-bond donors (Lipinski definition) is 1. The molecule has 3 aromatic rings. The van der Waals surface area contributed by atoms with Crippen molar-refractivity contribution in [3.63, 3.8) is 0 Å². The molecule has 1 aliphatic heterocycles. The second-order valence-corrected chi connectivity index (χ2v) is 8.27. The van der Waals surface area contributed by atoms with E-state index in [0.717, 1.165) is 48.2 Å². The van der Waals surface area contributed by atoms with Crippen LogP contribution in [0.15, 0.2) is 54.3 Å². The molecule has 1 N–H and O–H groups in total. The lowest BCUT2D eigenvalue weighted by atomic mass is 10.2. The largest absolute Gasteiger partial charge is 0.415 e. The average Bonchev–Trinajstić information content (AvgIpc) is 3.44. The molecule has 1 aliphatic rings. The van der Waals surface area contributed by atoms with E-state index >= 15 is 0 Å². The maximum atomic E-state index is 12.5. The summed E-state index contributed by atoms with van der Waals surface area (Å²) < 4.78 is 7.52. The van der Waals surface area contributed by atoms with Gasteiger partial charge in [-0.05, 0) is 17.7 Å². The molecule has 1 amide bonds. The molecule has 1 saturated heterocycles. The molecule has 30 heavy (non-hydrogen) atoms. The minimum atomic E-state index is -0.280. The maximum Gasteiger partial charge on any atom is 0.415 e. The molecule has 0 radical (unpaired) electrons. The predicted molar refractivity (Wildman–Crippen MR) is 116 cm³/mol. The minimum Gasteiger partial charge on any atom is -0.410 e. The van der Waals surface area contributed by atoms with E-state index in [-0.39, 0.29) is 6.09 Å². The second kappa shape index (κ2) is 9.82. The Hall–Kier alpha value is -2.78.